The highest BCUT2D eigenvalue weighted by Gasteiger charge is 2.43. The van der Waals surface area contributed by atoms with Crippen molar-refractivity contribution >= 4 is 67.4 Å². The maximum absolute atomic E-state index is 2.66. The van der Waals surface area contributed by atoms with Gasteiger partial charge >= 0.3 is 6.85 Å². The van der Waals surface area contributed by atoms with Gasteiger partial charge in [0.05, 0.1) is 0 Å². The number of para-hydroxylation sites is 1. The molecule has 3 heterocycles. The highest BCUT2D eigenvalue weighted by atomic mass is 15.2. The first-order valence-electron chi connectivity index (χ1n) is 17.5. The van der Waals surface area contributed by atoms with Gasteiger partial charge < -0.3 is 9.38 Å². The van der Waals surface area contributed by atoms with Gasteiger partial charge in [0.2, 0.25) is 0 Å². The van der Waals surface area contributed by atoms with Crippen LogP contribution in [0.5, 0.6) is 0 Å². The van der Waals surface area contributed by atoms with Crippen molar-refractivity contribution in [3.05, 3.63) is 175 Å². The minimum absolute atomic E-state index is 0.00941. The fourth-order valence-electron chi connectivity index (χ4n) is 8.80. The molecule has 0 atom stereocenters. The van der Waals surface area contributed by atoms with Crippen molar-refractivity contribution in [1.29, 1.82) is 0 Å². The Morgan fingerprint density at radius 1 is 0.460 bits per heavy atom. The molecule has 11 rings (SSSR count). The summed E-state index contributed by atoms with van der Waals surface area (Å²) in [4.78, 5) is 2.51. The molecule has 0 aliphatic carbocycles. The number of hydrogen-bond acceptors (Lipinski definition) is 1. The number of hydrogen-bond donors (Lipinski definition) is 0. The Morgan fingerprint density at radius 2 is 1.12 bits per heavy atom. The Kier molecular flexibility index (Phi) is 5.71. The Morgan fingerprint density at radius 3 is 1.88 bits per heavy atom. The third kappa shape index (κ3) is 3.86. The van der Waals surface area contributed by atoms with E-state index in [2.05, 4.69) is 186 Å². The molecule has 0 amide bonds. The molecular formula is C47H31BN2. The second kappa shape index (κ2) is 10.3. The predicted molar refractivity (Wildman–Crippen MR) is 213 cm³/mol. The van der Waals surface area contributed by atoms with Gasteiger partial charge in [-0.3, -0.25) is 0 Å². The van der Waals surface area contributed by atoms with E-state index < -0.39 is 0 Å². The van der Waals surface area contributed by atoms with Crippen LogP contribution >= 0.6 is 0 Å². The van der Waals surface area contributed by atoms with Crippen molar-refractivity contribution < 1.29 is 0 Å². The highest BCUT2D eigenvalue weighted by Crippen LogP contribution is 2.46. The Hall–Kier alpha value is -6.32. The van der Waals surface area contributed by atoms with Crippen molar-refractivity contribution in [3.63, 3.8) is 0 Å². The molecule has 50 heavy (non-hydrogen) atoms. The molecule has 2 nitrogen and oxygen atoms in total. The van der Waals surface area contributed by atoms with Gasteiger partial charge in [0, 0.05) is 44.4 Å². The zero-order chi connectivity index (χ0) is 32.9. The number of anilines is 3. The summed E-state index contributed by atoms with van der Waals surface area (Å²) in [5.41, 5.74) is 17.7. The van der Waals surface area contributed by atoms with Gasteiger partial charge in [0.15, 0.2) is 0 Å². The van der Waals surface area contributed by atoms with Crippen LogP contribution in [-0.4, -0.2) is 11.3 Å². The quantitative estimate of drug-likeness (QED) is 0.176. The van der Waals surface area contributed by atoms with Crippen molar-refractivity contribution in [2.75, 3.05) is 4.90 Å². The monoisotopic (exact) mass is 634 g/mol. The normalized spacial score (nSPS) is 12.8. The summed E-state index contributed by atoms with van der Waals surface area (Å²) in [6.45, 7) is 2.25. The molecule has 0 N–H and O–H groups in total. The molecular weight excluding hydrogens is 603 g/mol. The van der Waals surface area contributed by atoms with Crippen LogP contribution in [0.1, 0.15) is 5.56 Å². The molecule has 0 saturated heterocycles. The number of nitrogens with zero attached hydrogens (tertiary/aromatic N) is 2. The third-order valence-electron chi connectivity index (χ3n) is 11.0. The first-order chi connectivity index (χ1) is 24.7. The van der Waals surface area contributed by atoms with Crippen molar-refractivity contribution in [1.82, 2.24) is 4.48 Å². The molecule has 0 radical (unpaired) electrons. The second-order valence-corrected chi connectivity index (χ2v) is 13.8. The summed E-state index contributed by atoms with van der Waals surface area (Å²) in [5.74, 6) is 0. The summed E-state index contributed by atoms with van der Waals surface area (Å²) >= 11 is 0. The van der Waals surface area contributed by atoms with E-state index in [1.807, 2.05) is 0 Å². The minimum Gasteiger partial charge on any atom is -0.375 e. The smallest absolute Gasteiger partial charge is 0.333 e. The van der Waals surface area contributed by atoms with E-state index in [1.54, 1.807) is 0 Å². The topological polar surface area (TPSA) is 8.17 Å². The van der Waals surface area contributed by atoms with Crippen LogP contribution in [0.25, 0.3) is 66.0 Å². The summed E-state index contributed by atoms with van der Waals surface area (Å²) in [6.07, 6.45) is 0. The SMILES string of the molecule is Cc1cc2c3c(c1)N(c1ccc(-c4ccccc4)cc1)c1ccc(-c4ccccc4)cc1B3n1c3cc4ccccc4cc3c3cccc-2c31. The van der Waals surface area contributed by atoms with Gasteiger partial charge in [-0.1, -0.05) is 133 Å². The largest absolute Gasteiger partial charge is 0.375 e. The predicted octanol–water partition coefficient (Wildman–Crippen LogP) is 11.0. The zero-order valence-corrected chi connectivity index (χ0v) is 27.6. The van der Waals surface area contributed by atoms with Crippen LogP contribution in [0, 0.1) is 6.92 Å². The molecule has 0 fully saturated rings. The van der Waals surface area contributed by atoms with Crippen LogP contribution in [0.4, 0.5) is 17.1 Å². The Balaban J connectivity index is 1.24. The Labute approximate surface area is 291 Å². The fourth-order valence-corrected chi connectivity index (χ4v) is 8.80. The highest BCUT2D eigenvalue weighted by molar-refractivity contribution is 6.90. The lowest BCUT2D eigenvalue weighted by Crippen LogP contribution is -2.56. The maximum atomic E-state index is 2.66. The van der Waals surface area contributed by atoms with E-state index in [0.29, 0.717) is 0 Å². The van der Waals surface area contributed by atoms with Crippen LogP contribution in [-0.2, 0) is 0 Å². The molecule has 232 valence electrons. The van der Waals surface area contributed by atoms with Gasteiger partial charge in [-0.15, -0.1) is 0 Å². The first-order valence-corrected chi connectivity index (χ1v) is 17.5. The molecule has 2 aliphatic heterocycles. The number of benzene rings is 8. The molecule has 0 spiro atoms. The number of rotatable bonds is 3. The lowest BCUT2D eigenvalue weighted by atomic mass is 9.45. The lowest BCUT2D eigenvalue weighted by Gasteiger charge is -2.41. The van der Waals surface area contributed by atoms with E-state index >= 15 is 0 Å². The van der Waals surface area contributed by atoms with Crippen LogP contribution in [0.3, 0.4) is 0 Å². The molecule has 8 aromatic carbocycles. The average Bonchev–Trinajstić information content (AvgIpc) is 3.49. The molecule has 9 aromatic rings. The van der Waals surface area contributed by atoms with E-state index in [9.17, 15) is 0 Å². The van der Waals surface area contributed by atoms with Crippen LogP contribution in [0.2, 0.25) is 0 Å². The van der Waals surface area contributed by atoms with Crippen LogP contribution < -0.4 is 15.8 Å². The zero-order valence-electron chi connectivity index (χ0n) is 27.6. The molecule has 3 heteroatoms. The summed E-state index contributed by atoms with van der Waals surface area (Å²) in [7, 11) is 0. The van der Waals surface area contributed by atoms with Crippen molar-refractivity contribution in [3.8, 4) is 33.4 Å². The molecule has 2 aliphatic rings. The Bertz CT molecular complexity index is 2820. The molecule has 0 saturated carbocycles. The van der Waals surface area contributed by atoms with Crippen molar-refractivity contribution in [2.45, 2.75) is 6.92 Å². The summed E-state index contributed by atoms with van der Waals surface area (Å²) < 4.78 is 2.66. The van der Waals surface area contributed by atoms with Gasteiger partial charge in [-0.2, -0.15) is 0 Å². The fraction of sp³-hybridized carbons (Fsp3) is 0.0213. The van der Waals surface area contributed by atoms with Gasteiger partial charge in [-0.05, 0) is 98.4 Å². The average molecular weight is 635 g/mol. The second-order valence-electron chi connectivity index (χ2n) is 13.8. The summed E-state index contributed by atoms with van der Waals surface area (Å²) in [6, 6.07) is 63.0. The van der Waals surface area contributed by atoms with E-state index in [-0.39, 0.29) is 6.85 Å². The van der Waals surface area contributed by atoms with Gasteiger partial charge in [0.25, 0.3) is 0 Å². The number of fused-ring (bicyclic) bond motifs is 8. The minimum atomic E-state index is 0.00941. The van der Waals surface area contributed by atoms with E-state index in [0.717, 1.165) is 5.69 Å². The standard InChI is InChI=1S/C47H31BN2/c1-30-25-41-39-18-10-17-38-40-27-34-15-8-9-16-35(34)29-44(40)50(47(38)39)48-42-28-36(32-13-6-3-7-14-32)21-24-43(42)49(45(26-30)46(41)48)37-22-19-33(20-23-37)31-11-4-2-5-12-31/h2-29H,1H3. The molecule has 0 bridgehead atoms. The number of aryl methyl sites for hydroxylation is 1. The van der Waals surface area contributed by atoms with Gasteiger partial charge in [0.1, 0.15) is 0 Å². The van der Waals surface area contributed by atoms with Crippen LogP contribution in [0.15, 0.2) is 170 Å². The van der Waals surface area contributed by atoms with Gasteiger partial charge in [-0.25, -0.2) is 0 Å². The summed E-state index contributed by atoms with van der Waals surface area (Å²) in [5, 5.41) is 5.17. The maximum Gasteiger partial charge on any atom is 0.333 e. The first kappa shape index (κ1) is 27.6. The van der Waals surface area contributed by atoms with Crippen molar-refractivity contribution in [2.24, 2.45) is 0 Å². The van der Waals surface area contributed by atoms with E-state index in [1.165, 1.54) is 93.8 Å². The number of aromatic nitrogens is 1. The molecule has 1 aromatic heterocycles. The third-order valence-corrected chi connectivity index (χ3v) is 11.0. The lowest BCUT2D eigenvalue weighted by molar-refractivity contribution is 1.25. The van der Waals surface area contributed by atoms with E-state index in [4.69, 9.17) is 0 Å². The molecule has 0 unspecified atom stereocenters.